The lowest BCUT2D eigenvalue weighted by Gasteiger charge is -2.37. The number of anilines is 1. The monoisotopic (exact) mass is 424 g/mol. The SMILES string of the molecule is CC(Oc1ccc(F)cc1Br)C(=O)N1CCN(c2ccc(F)cc2)CC1. The van der Waals surface area contributed by atoms with E-state index in [1.165, 1.54) is 30.3 Å². The van der Waals surface area contributed by atoms with E-state index in [1.807, 2.05) is 0 Å². The van der Waals surface area contributed by atoms with Crippen LogP contribution in [0.2, 0.25) is 0 Å². The van der Waals surface area contributed by atoms with Gasteiger partial charge in [0.15, 0.2) is 6.10 Å². The first-order chi connectivity index (χ1) is 12.4. The third-order valence-electron chi connectivity index (χ3n) is 4.33. The quantitative estimate of drug-likeness (QED) is 0.747. The third kappa shape index (κ3) is 4.33. The van der Waals surface area contributed by atoms with Gasteiger partial charge >= 0.3 is 0 Å². The molecule has 0 saturated carbocycles. The van der Waals surface area contributed by atoms with Crippen molar-refractivity contribution in [2.45, 2.75) is 13.0 Å². The Bertz CT molecular complexity index is 778. The molecule has 2 aromatic carbocycles. The van der Waals surface area contributed by atoms with Crippen LogP contribution in [0.3, 0.4) is 0 Å². The van der Waals surface area contributed by atoms with Crippen LogP contribution in [0.5, 0.6) is 5.75 Å². The van der Waals surface area contributed by atoms with Crippen LogP contribution in [0.1, 0.15) is 6.92 Å². The van der Waals surface area contributed by atoms with Crippen molar-refractivity contribution in [2.75, 3.05) is 31.1 Å². The Morgan fingerprint density at radius 2 is 1.65 bits per heavy atom. The molecule has 0 N–H and O–H groups in total. The fraction of sp³-hybridized carbons (Fsp3) is 0.316. The van der Waals surface area contributed by atoms with E-state index < -0.39 is 6.10 Å². The maximum absolute atomic E-state index is 13.1. The molecule has 138 valence electrons. The molecule has 26 heavy (non-hydrogen) atoms. The molecule has 1 unspecified atom stereocenters. The second kappa shape index (κ2) is 8.03. The van der Waals surface area contributed by atoms with Crippen molar-refractivity contribution in [2.24, 2.45) is 0 Å². The number of nitrogens with zero attached hydrogens (tertiary/aromatic N) is 2. The van der Waals surface area contributed by atoms with Crippen LogP contribution < -0.4 is 9.64 Å². The van der Waals surface area contributed by atoms with Gasteiger partial charge in [0, 0.05) is 31.9 Å². The van der Waals surface area contributed by atoms with Gasteiger partial charge < -0.3 is 14.5 Å². The highest BCUT2D eigenvalue weighted by Crippen LogP contribution is 2.27. The minimum absolute atomic E-state index is 0.111. The van der Waals surface area contributed by atoms with E-state index in [9.17, 15) is 13.6 Å². The van der Waals surface area contributed by atoms with Crippen LogP contribution in [0.4, 0.5) is 14.5 Å². The summed E-state index contributed by atoms with van der Waals surface area (Å²) in [5, 5.41) is 0. The zero-order chi connectivity index (χ0) is 18.7. The molecule has 1 amide bonds. The number of rotatable bonds is 4. The smallest absolute Gasteiger partial charge is 0.263 e. The number of ether oxygens (including phenoxy) is 1. The number of hydrogen-bond acceptors (Lipinski definition) is 3. The van der Waals surface area contributed by atoms with E-state index >= 15 is 0 Å². The summed E-state index contributed by atoms with van der Waals surface area (Å²) in [6.07, 6.45) is -0.672. The number of piperazine rings is 1. The van der Waals surface area contributed by atoms with E-state index in [1.54, 1.807) is 24.0 Å². The second-order valence-corrected chi connectivity index (χ2v) is 6.98. The first kappa shape index (κ1) is 18.6. The van der Waals surface area contributed by atoms with Crippen molar-refractivity contribution in [3.8, 4) is 5.75 Å². The summed E-state index contributed by atoms with van der Waals surface area (Å²) in [5.41, 5.74) is 0.943. The first-order valence-electron chi connectivity index (χ1n) is 8.35. The van der Waals surface area contributed by atoms with E-state index in [4.69, 9.17) is 4.74 Å². The Morgan fingerprint density at radius 3 is 2.27 bits per heavy atom. The topological polar surface area (TPSA) is 32.8 Å². The zero-order valence-electron chi connectivity index (χ0n) is 14.3. The van der Waals surface area contributed by atoms with Gasteiger partial charge in [0.05, 0.1) is 4.47 Å². The molecule has 1 aliphatic heterocycles. The number of carbonyl (C=O) groups excluding carboxylic acids is 1. The van der Waals surface area contributed by atoms with Gasteiger partial charge in [-0.3, -0.25) is 4.79 Å². The van der Waals surface area contributed by atoms with Crippen molar-refractivity contribution >= 4 is 27.5 Å². The summed E-state index contributed by atoms with van der Waals surface area (Å²) in [5.74, 6) is -0.321. The van der Waals surface area contributed by atoms with Crippen molar-refractivity contribution in [3.63, 3.8) is 0 Å². The summed E-state index contributed by atoms with van der Waals surface area (Å²) in [6.45, 7) is 4.15. The molecule has 1 atom stereocenters. The lowest BCUT2D eigenvalue weighted by Crippen LogP contribution is -2.52. The molecule has 4 nitrogen and oxygen atoms in total. The number of hydrogen-bond donors (Lipinski definition) is 0. The van der Waals surface area contributed by atoms with Gasteiger partial charge in [-0.1, -0.05) is 0 Å². The number of amides is 1. The molecular weight excluding hydrogens is 406 g/mol. The Balaban J connectivity index is 1.56. The van der Waals surface area contributed by atoms with Crippen molar-refractivity contribution in [3.05, 3.63) is 58.6 Å². The minimum atomic E-state index is -0.672. The largest absolute Gasteiger partial charge is 0.480 e. The summed E-state index contributed by atoms with van der Waals surface area (Å²) in [6, 6.07) is 10.4. The highest BCUT2D eigenvalue weighted by Gasteiger charge is 2.26. The van der Waals surface area contributed by atoms with Crippen LogP contribution in [0, 0.1) is 11.6 Å². The van der Waals surface area contributed by atoms with E-state index in [2.05, 4.69) is 20.8 Å². The number of carbonyl (C=O) groups is 1. The van der Waals surface area contributed by atoms with Crippen molar-refractivity contribution in [1.82, 2.24) is 4.90 Å². The predicted molar refractivity (Wildman–Crippen MR) is 99.4 cm³/mol. The molecule has 0 radical (unpaired) electrons. The maximum atomic E-state index is 13.1. The average molecular weight is 425 g/mol. The van der Waals surface area contributed by atoms with Crippen molar-refractivity contribution < 1.29 is 18.3 Å². The Kier molecular flexibility index (Phi) is 5.76. The summed E-state index contributed by atoms with van der Waals surface area (Å²) in [4.78, 5) is 16.5. The standard InChI is InChI=1S/C19H19BrF2N2O2/c1-13(26-18-7-4-15(22)12-17(18)20)19(25)24-10-8-23(9-11-24)16-5-2-14(21)3-6-16/h2-7,12-13H,8-11H2,1H3. The molecule has 0 aromatic heterocycles. The van der Waals surface area contributed by atoms with Crippen LogP contribution in [0.25, 0.3) is 0 Å². The second-order valence-electron chi connectivity index (χ2n) is 6.12. The van der Waals surface area contributed by atoms with Crippen LogP contribution >= 0.6 is 15.9 Å². The molecule has 0 spiro atoms. The maximum Gasteiger partial charge on any atom is 0.263 e. The number of halogens is 3. The third-order valence-corrected chi connectivity index (χ3v) is 4.95. The molecule has 0 bridgehead atoms. The molecule has 0 aliphatic carbocycles. The Morgan fingerprint density at radius 1 is 1.04 bits per heavy atom. The fourth-order valence-electron chi connectivity index (χ4n) is 2.91. The predicted octanol–water partition coefficient (Wildman–Crippen LogP) is 3.84. The van der Waals surface area contributed by atoms with Gasteiger partial charge in [-0.25, -0.2) is 8.78 Å². The van der Waals surface area contributed by atoms with Gasteiger partial charge in [0.2, 0.25) is 0 Å². The van der Waals surface area contributed by atoms with Gasteiger partial charge in [-0.15, -0.1) is 0 Å². The van der Waals surface area contributed by atoms with E-state index in [0.717, 1.165) is 5.69 Å². The van der Waals surface area contributed by atoms with Gasteiger partial charge in [0.25, 0.3) is 5.91 Å². The molecule has 7 heteroatoms. The number of benzene rings is 2. The summed E-state index contributed by atoms with van der Waals surface area (Å²) < 4.78 is 32.3. The summed E-state index contributed by atoms with van der Waals surface area (Å²) >= 11 is 3.24. The van der Waals surface area contributed by atoms with Crippen molar-refractivity contribution in [1.29, 1.82) is 0 Å². The molecular formula is C19H19BrF2N2O2. The highest BCUT2D eigenvalue weighted by molar-refractivity contribution is 9.10. The van der Waals surface area contributed by atoms with Gasteiger partial charge in [0.1, 0.15) is 17.4 Å². The van der Waals surface area contributed by atoms with Gasteiger partial charge in [-0.2, -0.15) is 0 Å². The van der Waals surface area contributed by atoms with Gasteiger partial charge in [-0.05, 0) is 65.3 Å². The molecule has 2 aromatic rings. The molecule has 1 heterocycles. The first-order valence-corrected chi connectivity index (χ1v) is 9.14. The minimum Gasteiger partial charge on any atom is -0.480 e. The van der Waals surface area contributed by atoms with E-state index in [0.29, 0.717) is 36.4 Å². The van der Waals surface area contributed by atoms with Crippen LogP contribution in [-0.2, 0) is 4.79 Å². The molecule has 1 fully saturated rings. The molecule has 1 aliphatic rings. The lowest BCUT2D eigenvalue weighted by molar-refractivity contribution is -0.138. The van der Waals surface area contributed by atoms with Crippen LogP contribution in [0.15, 0.2) is 46.9 Å². The Hall–Kier alpha value is -2.15. The Labute approximate surface area is 159 Å². The average Bonchev–Trinajstić information content (AvgIpc) is 2.64. The fourth-order valence-corrected chi connectivity index (χ4v) is 3.35. The molecule has 1 saturated heterocycles. The van der Waals surface area contributed by atoms with E-state index in [-0.39, 0.29) is 17.5 Å². The lowest BCUT2D eigenvalue weighted by atomic mass is 10.2. The highest BCUT2D eigenvalue weighted by atomic mass is 79.9. The summed E-state index contributed by atoms with van der Waals surface area (Å²) in [7, 11) is 0. The normalized spacial score (nSPS) is 15.7. The molecule has 3 rings (SSSR count). The van der Waals surface area contributed by atoms with Crippen LogP contribution in [-0.4, -0.2) is 43.1 Å². The zero-order valence-corrected chi connectivity index (χ0v) is 15.9.